The number of nitrogens with zero attached hydrogens (tertiary/aromatic N) is 4. The minimum absolute atomic E-state index is 0.0889. The van der Waals surface area contributed by atoms with E-state index >= 15 is 0 Å². The highest BCUT2D eigenvalue weighted by atomic mass is 16.6. The summed E-state index contributed by atoms with van der Waals surface area (Å²) in [4.78, 5) is 10.5. The number of ether oxygens (including phenoxy) is 1. The van der Waals surface area contributed by atoms with Crippen LogP contribution < -0.4 is 4.74 Å². The molecule has 0 bridgehead atoms. The van der Waals surface area contributed by atoms with Crippen LogP contribution in [0.4, 0.5) is 5.69 Å². The second-order valence-electron chi connectivity index (χ2n) is 5.46. The van der Waals surface area contributed by atoms with Crippen molar-refractivity contribution in [3.63, 3.8) is 0 Å². The predicted octanol–water partition coefficient (Wildman–Crippen LogP) is 2.92. The Kier molecular flexibility index (Phi) is 4.34. The van der Waals surface area contributed by atoms with Crippen LogP contribution in [0.2, 0.25) is 0 Å². The first kappa shape index (κ1) is 16.4. The number of aromatic nitrogens is 3. The molecule has 25 heavy (non-hydrogen) atoms. The smallest absolute Gasteiger partial charge is 0.270 e. The third-order valence-corrected chi connectivity index (χ3v) is 3.87. The molecule has 0 atom stereocenters. The lowest BCUT2D eigenvalue weighted by atomic mass is 10.1. The van der Waals surface area contributed by atoms with Crippen molar-refractivity contribution in [3.05, 3.63) is 64.0 Å². The number of aromatic hydroxyl groups is 1. The van der Waals surface area contributed by atoms with Crippen molar-refractivity contribution in [1.82, 2.24) is 14.8 Å². The molecule has 3 aromatic rings. The number of hydrogen-bond acceptors (Lipinski definition) is 6. The predicted molar refractivity (Wildman–Crippen MR) is 90.6 cm³/mol. The lowest BCUT2D eigenvalue weighted by molar-refractivity contribution is -0.384. The summed E-state index contributed by atoms with van der Waals surface area (Å²) in [5.41, 5.74) is 1.13. The van der Waals surface area contributed by atoms with Crippen LogP contribution >= 0.6 is 0 Å². The van der Waals surface area contributed by atoms with Gasteiger partial charge in [-0.3, -0.25) is 10.1 Å². The number of rotatable bonds is 5. The van der Waals surface area contributed by atoms with Gasteiger partial charge in [-0.15, -0.1) is 10.2 Å². The monoisotopic (exact) mass is 340 g/mol. The largest absolute Gasteiger partial charge is 0.507 e. The van der Waals surface area contributed by atoms with Gasteiger partial charge in [-0.1, -0.05) is 12.1 Å². The zero-order valence-corrected chi connectivity index (χ0v) is 13.7. The zero-order chi connectivity index (χ0) is 18.0. The molecule has 3 rings (SSSR count). The molecule has 0 saturated heterocycles. The van der Waals surface area contributed by atoms with Gasteiger partial charge >= 0.3 is 0 Å². The van der Waals surface area contributed by atoms with Crippen LogP contribution in [0.5, 0.6) is 11.5 Å². The van der Waals surface area contributed by atoms with Gasteiger partial charge in [-0.2, -0.15) is 0 Å². The number of benzene rings is 2. The lowest BCUT2D eigenvalue weighted by Crippen LogP contribution is -2.05. The first-order valence-corrected chi connectivity index (χ1v) is 7.50. The molecular weight excluding hydrogens is 324 g/mol. The minimum atomic E-state index is -0.514. The Labute approximate surface area is 143 Å². The molecule has 0 aliphatic heterocycles. The summed E-state index contributed by atoms with van der Waals surface area (Å²) in [5.74, 6) is 1.67. The van der Waals surface area contributed by atoms with Crippen LogP contribution in [0, 0.1) is 17.0 Å². The second kappa shape index (κ2) is 6.60. The molecule has 0 amide bonds. The highest BCUT2D eigenvalue weighted by Gasteiger charge is 2.18. The van der Waals surface area contributed by atoms with E-state index in [1.165, 1.54) is 18.2 Å². The first-order valence-electron chi connectivity index (χ1n) is 7.50. The van der Waals surface area contributed by atoms with E-state index in [-0.39, 0.29) is 17.0 Å². The molecule has 0 aliphatic rings. The zero-order valence-electron chi connectivity index (χ0n) is 13.7. The van der Waals surface area contributed by atoms with Crippen LogP contribution in [0.1, 0.15) is 11.4 Å². The summed E-state index contributed by atoms with van der Waals surface area (Å²) < 4.78 is 6.94. The van der Waals surface area contributed by atoms with Gasteiger partial charge in [-0.25, -0.2) is 0 Å². The fourth-order valence-electron chi connectivity index (χ4n) is 2.50. The maximum atomic E-state index is 11.0. The Morgan fingerprint density at radius 1 is 1.20 bits per heavy atom. The van der Waals surface area contributed by atoms with E-state index in [1.54, 1.807) is 18.6 Å². The molecule has 1 aromatic heterocycles. The van der Waals surface area contributed by atoms with Gasteiger partial charge in [0.15, 0.2) is 5.82 Å². The molecule has 8 heteroatoms. The fraction of sp³-hybridized carbons (Fsp3) is 0.176. The SMILES string of the molecule is COc1ccc(Cn2c(C)nnc2-c2cc([N+](=O)[O-])ccc2O)cc1. The minimum Gasteiger partial charge on any atom is -0.507 e. The fourth-order valence-corrected chi connectivity index (χ4v) is 2.50. The summed E-state index contributed by atoms with van der Waals surface area (Å²) in [5, 5.41) is 29.3. The standard InChI is InChI=1S/C17H16N4O4/c1-11-18-19-17(15-9-13(21(23)24)5-8-16(15)22)20(11)10-12-3-6-14(25-2)7-4-12/h3-9,22H,10H2,1-2H3. The Morgan fingerprint density at radius 2 is 1.92 bits per heavy atom. The van der Waals surface area contributed by atoms with Gasteiger partial charge in [-0.05, 0) is 30.7 Å². The van der Waals surface area contributed by atoms with Gasteiger partial charge in [0.05, 0.1) is 24.1 Å². The molecule has 0 spiro atoms. The quantitative estimate of drug-likeness (QED) is 0.566. The Balaban J connectivity index is 2.02. The van der Waals surface area contributed by atoms with Gasteiger partial charge in [0, 0.05) is 12.1 Å². The molecule has 128 valence electrons. The number of nitro groups is 1. The number of nitro benzene ring substituents is 1. The molecule has 0 unspecified atom stereocenters. The average molecular weight is 340 g/mol. The van der Waals surface area contributed by atoms with Crippen molar-refractivity contribution in [2.24, 2.45) is 0 Å². The topological polar surface area (TPSA) is 103 Å². The number of phenolic OH excluding ortho intramolecular Hbond substituents is 1. The summed E-state index contributed by atoms with van der Waals surface area (Å²) in [6, 6.07) is 11.3. The molecule has 0 fully saturated rings. The number of aryl methyl sites for hydroxylation is 1. The van der Waals surface area contributed by atoms with Crippen LogP contribution in [-0.2, 0) is 6.54 Å². The third-order valence-electron chi connectivity index (χ3n) is 3.87. The molecule has 1 N–H and O–H groups in total. The van der Waals surface area contributed by atoms with Crippen molar-refractivity contribution in [1.29, 1.82) is 0 Å². The maximum absolute atomic E-state index is 11.0. The van der Waals surface area contributed by atoms with Crippen LogP contribution in [-0.4, -0.2) is 31.9 Å². The number of methoxy groups -OCH3 is 1. The van der Waals surface area contributed by atoms with Crippen molar-refractivity contribution in [2.75, 3.05) is 7.11 Å². The van der Waals surface area contributed by atoms with Crippen molar-refractivity contribution in [3.8, 4) is 22.9 Å². The summed E-state index contributed by atoms with van der Waals surface area (Å²) in [6.45, 7) is 2.24. The first-order chi connectivity index (χ1) is 12.0. The highest BCUT2D eigenvalue weighted by Crippen LogP contribution is 2.32. The van der Waals surface area contributed by atoms with Crippen LogP contribution in [0.15, 0.2) is 42.5 Å². The Bertz CT molecular complexity index is 919. The molecule has 0 radical (unpaired) electrons. The van der Waals surface area contributed by atoms with Crippen molar-refractivity contribution < 1.29 is 14.8 Å². The normalized spacial score (nSPS) is 10.6. The van der Waals surface area contributed by atoms with Gasteiger partial charge in [0.1, 0.15) is 17.3 Å². The maximum Gasteiger partial charge on any atom is 0.270 e. The summed E-state index contributed by atoms with van der Waals surface area (Å²) in [6.07, 6.45) is 0. The van der Waals surface area contributed by atoms with Crippen LogP contribution in [0.3, 0.4) is 0 Å². The second-order valence-corrected chi connectivity index (χ2v) is 5.46. The number of phenols is 1. The van der Waals surface area contributed by atoms with E-state index in [2.05, 4.69) is 10.2 Å². The highest BCUT2D eigenvalue weighted by molar-refractivity contribution is 5.67. The summed E-state index contributed by atoms with van der Waals surface area (Å²) >= 11 is 0. The van der Waals surface area contributed by atoms with E-state index in [4.69, 9.17) is 4.74 Å². The number of hydrogen-bond donors (Lipinski definition) is 1. The lowest BCUT2D eigenvalue weighted by Gasteiger charge is -2.10. The molecule has 0 saturated carbocycles. The third kappa shape index (κ3) is 3.27. The molecule has 1 heterocycles. The van der Waals surface area contributed by atoms with E-state index in [1.807, 2.05) is 24.3 Å². The molecule has 2 aromatic carbocycles. The van der Waals surface area contributed by atoms with E-state index < -0.39 is 4.92 Å². The molecule has 8 nitrogen and oxygen atoms in total. The number of non-ortho nitro benzene ring substituents is 1. The van der Waals surface area contributed by atoms with Crippen LogP contribution in [0.25, 0.3) is 11.4 Å². The molecule has 0 aliphatic carbocycles. The van der Waals surface area contributed by atoms with E-state index in [0.29, 0.717) is 18.2 Å². The van der Waals surface area contributed by atoms with E-state index in [0.717, 1.165) is 11.3 Å². The van der Waals surface area contributed by atoms with Crippen molar-refractivity contribution in [2.45, 2.75) is 13.5 Å². The molecular formula is C17H16N4O4. The Hall–Kier alpha value is -3.42. The van der Waals surface area contributed by atoms with Gasteiger partial charge in [0.25, 0.3) is 5.69 Å². The van der Waals surface area contributed by atoms with E-state index in [9.17, 15) is 15.2 Å². The summed E-state index contributed by atoms with van der Waals surface area (Å²) in [7, 11) is 1.60. The average Bonchev–Trinajstić information content (AvgIpc) is 2.96. The Morgan fingerprint density at radius 3 is 2.56 bits per heavy atom. The van der Waals surface area contributed by atoms with Gasteiger partial charge in [0.2, 0.25) is 0 Å². The van der Waals surface area contributed by atoms with Crippen molar-refractivity contribution >= 4 is 5.69 Å². The van der Waals surface area contributed by atoms with Gasteiger partial charge < -0.3 is 14.4 Å².